The molecule has 2 heterocycles. The Labute approximate surface area is 103 Å². The molecule has 1 aromatic heterocycles. The van der Waals surface area contributed by atoms with Crippen LogP contribution in [0.4, 0.5) is 19.0 Å². The first kappa shape index (κ1) is 13.1. The first-order chi connectivity index (χ1) is 8.50. The Kier molecular flexibility index (Phi) is 3.70. The van der Waals surface area contributed by atoms with Crippen molar-refractivity contribution >= 4 is 5.82 Å². The summed E-state index contributed by atoms with van der Waals surface area (Å²) in [5.74, 6) is -0.789. The fraction of sp³-hybridized carbons (Fsp3) is 0.636. The summed E-state index contributed by atoms with van der Waals surface area (Å²) in [6, 6.07) is 0. The third kappa shape index (κ3) is 2.90. The van der Waals surface area contributed by atoms with Crippen molar-refractivity contribution in [2.24, 2.45) is 11.7 Å². The molecule has 1 aromatic rings. The number of aromatic nitrogens is 2. The Morgan fingerprint density at radius 3 is 2.67 bits per heavy atom. The molecule has 1 fully saturated rings. The van der Waals surface area contributed by atoms with Gasteiger partial charge >= 0.3 is 6.18 Å². The van der Waals surface area contributed by atoms with Gasteiger partial charge in [0.05, 0.1) is 24.0 Å². The molecule has 0 saturated carbocycles. The van der Waals surface area contributed by atoms with Gasteiger partial charge in [-0.2, -0.15) is 13.2 Å². The highest BCUT2D eigenvalue weighted by Crippen LogP contribution is 2.34. The van der Waals surface area contributed by atoms with Gasteiger partial charge in [-0.15, -0.1) is 0 Å². The molecule has 4 nitrogen and oxygen atoms in total. The van der Waals surface area contributed by atoms with E-state index in [1.165, 1.54) is 12.4 Å². The second kappa shape index (κ2) is 5.09. The minimum atomic E-state index is -4.14. The van der Waals surface area contributed by atoms with Crippen molar-refractivity contribution in [3.63, 3.8) is 0 Å². The normalized spacial score (nSPS) is 21.1. The van der Waals surface area contributed by atoms with Gasteiger partial charge in [0.1, 0.15) is 5.82 Å². The van der Waals surface area contributed by atoms with E-state index in [1.807, 2.05) is 0 Å². The topological polar surface area (TPSA) is 55.0 Å². The maximum Gasteiger partial charge on any atom is 0.393 e. The molecule has 0 aromatic carbocycles. The van der Waals surface area contributed by atoms with E-state index in [2.05, 4.69) is 9.97 Å². The van der Waals surface area contributed by atoms with Crippen LogP contribution in [0, 0.1) is 5.92 Å². The molecule has 2 rings (SSSR count). The quantitative estimate of drug-likeness (QED) is 0.879. The van der Waals surface area contributed by atoms with E-state index < -0.39 is 12.1 Å². The zero-order valence-electron chi connectivity index (χ0n) is 9.82. The number of hydrogen-bond acceptors (Lipinski definition) is 4. The summed E-state index contributed by atoms with van der Waals surface area (Å²) in [5, 5.41) is 0. The highest BCUT2D eigenvalue weighted by Gasteiger charge is 2.42. The Bertz CT molecular complexity index is 390. The van der Waals surface area contributed by atoms with E-state index in [-0.39, 0.29) is 19.5 Å². The average Bonchev–Trinajstić information content (AvgIpc) is 2.38. The molecule has 1 unspecified atom stereocenters. The van der Waals surface area contributed by atoms with Crippen LogP contribution < -0.4 is 10.6 Å². The van der Waals surface area contributed by atoms with Crippen molar-refractivity contribution in [1.82, 2.24) is 9.97 Å². The van der Waals surface area contributed by atoms with Crippen LogP contribution in [0.15, 0.2) is 12.4 Å². The van der Waals surface area contributed by atoms with Crippen molar-refractivity contribution in [3.8, 4) is 0 Å². The Hall–Kier alpha value is -1.37. The summed E-state index contributed by atoms with van der Waals surface area (Å²) in [6.07, 6.45) is -0.435. The maximum atomic E-state index is 12.7. The number of halogens is 3. The Morgan fingerprint density at radius 1 is 1.33 bits per heavy atom. The molecule has 7 heteroatoms. The van der Waals surface area contributed by atoms with Crippen molar-refractivity contribution in [2.45, 2.75) is 25.6 Å². The third-order valence-corrected chi connectivity index (χ3v) is 3.11. The molecule has 0 spiro atoms. The smallest absolute Gasteiger partial charge is 0.355 e. The lowest BCUT2D eigenvalue weighted by molar-refractivity contribution is -0.176. The third-order valence-electron chi connectivity index (χ3n) is 3.11. The second-order valence-electron chi connectivity index (χ2n) is 4.40. The molecule has 18 heavy (non-hydrogen) atoms. The van der Waals surface area contributed by atoms with Crippen LogP contribution in [0.25, 0.3) is 0 Å². The molecule has 0 aliphatic carbocycles. The zero-order valence-corrected chi connectivity index (χ0v) is 9.82. The molecule has 1 aliphatic heterocycles. The number of nitrogens with two attached hydrogens (primary N) is 1. The van der Waals surface area contributed by atoms with Crippen LogP contribution in [-0.2, 0) is 6.54 Å². The van der Waals surface area contributed by atoms with Crippen molar-refractivity contribution in [3.05, 3.63) is 18.1 Å². The highest BCUT2D eigenvalue weighted by atomic mass is 19.4. The van der Waals surface area contributed by atoms with Crippen molar-refractivity contribution in [1.29, 1.82) is 0 Å². The predicted octanol–water partition coefficient (Wildman–Crippen LogP) is 1.71. The zero-order chi connectivity index (χ0) is 13.2. The van der Waals surface area contributed by atoms with E-state index in [1.54, 1.807) is 4.90 Å². The fourth-order valence-corrected chi connectivity index (χ4v) is 2.07. The molecule has 2 N–H and O–H groups in total. The summed E-state index contributed by atoms with van der Waals surface area (Å²) in [5.41, 5.74) is 6.02. The molecular weight excluding hydrogens is 245 g/mol. The number of hydrogen-bond donors (Lipinski definition) is 1. The summed E-state index contributed by atoms with van der Waals surface area (Å²) >= 11 is 0. The van der Waals surface area contributed by atoms with Crippen molar-refractivity contribution in [2.75, 3.05) is 18.0 Å². The summed E-state index contributed by atoms with van der Waals surface area (Å²) < 4.78 is 38.0. The van der Waals surface area contributed by atoms with Crippen LogP contribution in [0.3, 0.4) is 0 Å². The number of nitrogens with zero attached hydrogens (tertiary/aromatic N) is 3. The fourth-order valence-electron chi connectivity index (χ4n) is 2.07. The molecule has 1 atom stereocenters. The van der Waals surface area contributed by atoms with Crippen LogP contribution in [0.1, 0.15) is 18.5 Å². The maximum absolute atomic E-state index is 12.7. The number of alkyl halides is 3. The van der Waals surface area contributed by atoms with Gasteiger partial charge < -0.3 is 10.6 Å². The lowest BCUT2D eigenvalue weighted by Crippen LogP contribution is -2.42. The van der Waals surface area contributed by atoms with Gasteiger partial charge in [0.2, 0.25) is 0 Å². The SMILES string of the molecule is NCc1cnc(N2CCCC(C(F)(F)F)C2)cn1. The van der Waals surface area contributed by atoms with Gasteiger partial charge in [-0.05, 0) is 12.8 Å². The molecule has 1 aliphatic rings. The van der Waals surface area contributed by atoms with E-state index in [9.17, 15) is 13.2 Å². The van der Waals surface area contributed by atoms with E-state index >= 15 is 0 Å². The lowest BCUT2D eigenvalue weighted by Gasteiger charge is -2.34. The Morgan fingerprint density at radius 2 is 2.11 bits per heavy atom. The highest BCUT2D eigenvalue weighted by molar-refractivity contribution is 5.36. The van der Waals surface area contributed by atoms with E-state index in [0.717, 1.165) is 0 Å². The lowest BCUT2D eigenvalue weighted by atomic mass is 9.97. The van der Waals surface area contributed by atoms with E-state index in [0.29, 0.717) is 24.5 Å². The minimum absolute atomic E-state index is 0.0415. The summed E-state index contributed by atoms with van der Waals surface area (Å²) in [6.45, 7) is 0.821. The Balaban J connectivity index is 2.08. The number of anilines is 1. The van der Waals surface area contributed by atoms with Gasteiger partial charge in [-0.3, -0.25) is 4.98 Å². The second-order valence-corrected chi connectivity index (χ2v) is 4.40. The van der Waals surface area contributed by atoms with Gasteiger partial charge in [-0.1, -0.05) is 0 Å². The van der Waals surface area contributed by atoms with Gasteiger partial charge in [0.25, 0.3) is 0 Å². The molecule has 1 saturated heterocycles. The van der Waals surface area contributed by atoms with Crippen LogP contribution in [0.2, 0.25) is 0 Å². The molecule has 0 amide bonds. The largest absolute Gasteiger partial charge is 0.393 e. The summed E-state index contributed by atoms with van der Waals surface area (Å²) in [4.78, 5) is 9.79. The monoisotopic (exact) mass is 260 g/mol. The number of rotatable bonds is 2. The van der Waals surface area contributed by atoms with Gasteiger partial charge in [-0.25, -0.2) is 4.98 Å². The number of piperidine rings is 1. The van der Waals surface area contributed by atoms with Crippen LogP contribution in [-0.4, -0.2) is 29.2 Å². The van der Waals surface area contributed by atoms with Gasteiger partial charge in [0, 0.05) is 19.6 Å². The molecule has 100 valence electrons. The minimum Gasteiger partial charge on any atom is -0.355 e. The summed E-state index contributed by atoms with van der Waals surface area (Å²) in [7, 11) is 0. The van der Waals surface area contributed by atoms with Crippen LogP contribution in [0.5, 0.6) is 0 Å². The standard InChI is InChI=1S/C11H15F3N4/c12-11(13,14)8-2-1-3-18(7-8)10-6-16-9(4-15)5-17-10/h5-6,8H,1-4,7,15H2. The van der Waals surface area contributed by atoms with E-state index in [4.69, 9.17) is 5.73 Å². The molecular formula is C11H15F3N4. The molecule has 0 radical (unpaired) electrons. The van der Waals surface area contributed by atoms with Gasteiger partial charge in [0.15, 0.2) is 0 Å². The first-order valence-corrected chi connectivity index (χ1v) is 5.83. The van der Waals surface area contributed by atoms with Crippen LogP contribution >= 0.6 is 0 Å². The first-order valence-electron chi connectivity index (χ1n) is 5.83. The predicted molar refractivity (Wildman–Crippen MR) is 60.9 cm³/mol. The van der Waals surface area contributed by atoms with Crippen molar-refractivity contribution < 1.29 is 13.2 Å². The molecule has 0 bridgehead atoms. The average molecular weight is 260 g/mol.